The van der Waals surface area contributed by atoms with Crippen LogP contribution in [0.5, 0.6) is 0 Å². The van der Waals surface area contributed by atoms with Crippen molar-refractivity contribution in [2.75, 3.05) is 13.7 Å². The zero-order valence-corrected chi connectivity index (χ0v) is 9.75. The topological polar surface area (TPSA) is 122 Å². The van der Waals surface area contributed by atoms with E-state index in [0.29, 0.717) is 5.76 Å². The Labute approximate surface area is 103 Å². The second kappa shape index (κ2) is 6.72. The molecule has 0 saturated heterocycles. The quantitative estimate of drug-likeness (QED) is 0.596. The molecule has 1 atom stereocenters. The van der Waals surface area contributed by atoms with E-state index < -0.39 is 18.0 Å². The van der Waals surface area contributed by atoms with Crippen molar-refractivity contribution >= 4 is 11.9 Å². The normalized spacial score (nSPS) is 12.1. The predicted octanol–water partition coefficient (Wildman–Crippen LogP) is -0.614. The van der Waals surface area contributed by atoms with Gasteiger partial charge in [-0.05, 0) is 0 Å². The van der Waals surface area contributed by atoms with Crippen LogP contribution in [0.3, 0.4) is 0 Å². The number of amides is 1. The molecule has 1 heterocycles. The van der Waals surface area contributed by atoms with Gasteiger partial charge in [0.2, 0.25) is 0 Å². The molecule has 0 radical (unpaired) electrons. The maximum atomic E-state index is 11.5. The summed E-state index contributed by atoms with van der Waals surface area (Å²) in [5.74, 6) is -1.42. The van der Waals surface area contributed by atoms with Crippen LogP contribution in [-0.4, -0.2) is 47.0 Å². The molecule has 1 unspecified atom stereocenters. The number of carboxylic acids is 1. The molecular weight excluding hydrogens is 244 g/mol. The Bertz CT molecular complexity index is 416. The summed E-state index contributed by atoms with van der Waals surface area (Å²) in [6.45, 7) is 0.233. The molecule has 0 aromatic carbocycles. The van der Waals surface area contributed by atoms with Gasteiger partial charge in [0.05, 0.1) is 0 Å². The molecule has 0 aliphatic heterocycles. The van der Waals surface area contributed by atoms with Crippen molar-refractivity contribution in [2.24, 2.45) is 0 Å². The van der Waals surface area contributed by atoms with Crippen LogP contribution in [0.15, 0.2) is 10.6 Å². The number of hydrogen-bond donors (Lipinski definition) is 3. The predicted molar refractivity (Wildman–Crippen MR) is 57.8 cm³/mol. The van der Waals surface area contributed by atoms with Gasteiger partial charge < -0.3 is 24.8 Å². The average molecular weight is 258 g/mol. The third kappa shape index (κ3) is 4.15. The lowest BCUT2D eigenvalue weighted by atomic mass is 10.2. The summed E-state index contributed by atoms with van der Waals surface area (Å²) >= 11 is 0. The first-order valence-electron chi connectivity index (χ1n) is 5.18. The van der Waals surface area contributed by atoms with Crippen LogP contribution in [0.1, 0.15) is 22.7 Å². The van der Waals surface area contributed by atoms with E-state index >= 15 is 0 Å². The molecule has 18 heavy (non-hydrogen) atoms. The highest BCUT2D eigenvalue weighted by Gasteiger charge is 2.15. The number of aliphatic hydroxyl groups excluding tert-OH is 1. The summed E-state index contributed by atoms with van der Waals surface area (Å²) in [5, 5.41) is 23.3. The standard InChI is InChI=1S/C10H14N2O6/c1-17-5-6-4-7(12-18-6)9(14)11-3-2-8(13)10(15)16/h4,8,13H,2-3,5H2,1H3,(H,11,14)(H,15,16). The van der Waals surface area contributed by atoms with Crippen molar-refractivity contribution in [2.45, 2.75) is 19.1 Å². The van der Waals surface area contributed by atoms with Gasteiger partial charge in [-0.1, -0.05) is 5.16 Å². The highest BCUT2D eigenvalue weighted by Crippen LogP contribution is 2.04. The molecule has 3 N–H and O–H groups in total. The smallest absolute Gasteiger partial charge is 0.332 e. The van der Waals surface area contributed by atoms with Crippen LogP contribution < -0.4 is 5.32 Å². The molecule has 1 aromatic heterocycles. The summed E-state index contributed by atoms with van der Waals surface area (Å²) in [6, 6.07) is 1.42. The zero-order chi connectivity index (χ0) is 13.5. The number of carboxylic acid groups (broad SMARTS) is 1. The minimum Gasteiger partial charge on any atom is -0.479 e. The Kier molecular flexibility index (Phi) is 5.28. The third-order valence-corrected chi connectivity index (χ3v) is 2.07. The number of aromatic nitrogens is 1. The summed E-state index contributed by atoms with van der Waals surface area (Å²) in [5.41, 5.74) is 0.0758. The number of aliphatic hydroxyl groups is 1. The van der Waals surface area contributed by atoms with Crippen molar-refractivity contribution in [3.63, 3.8) is 0 Å². The van der Waals surface area contributed by atoms with E-state index in [0.717, 1.165) is 0 Å². The summed E-state index contributed by atoms with van der Waals surface area (Å²) in [6.07, 6.45) is -1.57. The Balaban J connectivity index is 2.38. The highest BCUT2D eigenvalue weighted by atomic mass is 16.5. The van der Waals surface area contributed by atoms with Gasteiger partial charge in [0.15, 0.2) is 17.6 Å². The van der Waals surface area contributed by atoms with Crippen LogP contribution in [0.25, 0.3) is 0 Å². The molecule has 0 aliphatic carbocycles. The Morgan fingerprint density at radius 2 is 2.33 bits per heavy atom. The van der Waals surface area contributed by atoms with Gasteiger partial charge >= 0.3 is 5.97 Å². The SMILES string of the molecule is COCc1cc(C(=O)NCCC(O)C(=O)O)no1. The van der Waals surface area contributed by atoms with Crippen molar-refractivity contribution in [1.82, 2.24) is 10.5 Å². The van der Waals surface area contributed by atoms with E-state index in [4.69, 9.17) is 19.5 Å². The first kappa shape index (κ1) is 14.1. The Hall–Kier alpha value is -1.93. The average Bonchev–Trinajstić information content (AvgIpc) is 2.77. The van der Waals surface area contributed by atoms with Crippen molar-refractivity contribution in [3.05, 3.63) is 17.5 Å². The molecule has 0 spiro atoms. The van der Waals surface area contributed by atoms with Crippen LogP contribution in [-0.2, 0) is 16.1 Å². The molecule has 8 heteroatoms. The van der Waals surface area contributed by atoms with E-state index in [9.17, 15) is 9.59 Å². The number of methoxy groups -OCH3 is 1. The summed E-state index contributed by atoms with van der Waals surface area (Å²) < 4.78 is 9.61. The van der Waals surface area contributed by atoms with Gasteiger partial charge in [0.1, 0.15) is 6.61 Å². The van der Waals surface area contributed by atoms with Gasteiger partial charge in [-0.2, -0.15) is 0 Å². The number of nitrogens with one attached hydrogen (secondary N) is 1. The largest absolute Gasteiger partial charge is 0.479 e. The van der Waals surface area contributed by atoms with Crippen molar-refractivity contribution in [1.29, 1.82) is 0 Å². The van der Waals surface area contributed by atoms with Crippen LogP contribution in [0, 0.1) is 0 Å². The summed E-state index contributed by atoms with van der Waals surface area (Å²) in [4.78, 5) is 21.8. The summed E-state index contributed by atoms with van der Waals surface area (Å²) in [7, 11) is 1.48. The molecule has 8 nitrogen and oxygen atoms in total. The van der Waals surface area contributed by atoms with Gasteiger partial charge in [-0.15, -0.1) is 0 Å². The molecule has 1 aromatic rings. The van der Waals surface area contributed by atoms with E-state index in [1.54, 1.807) is 0 Å². The molecule has 0 fully saturated rings. The van der Waals surface area contributed by atoms with E-state index in [1.807, 2.05) is 0 Å². The van der Waals surface area contributed by atoms with Gasteiger partial charge in [0, 0.05) is 26.1 Å². The zero-order valence-electron chi connectivity index (χ0n) is 9.75. The highest BCUT2D eigenvalue weighted by molar-refractivity contribution is 5.92. The molecule has 1 rings (SSSR count). The second-order valence-corrected chi connectivity index (χ2v) is 3.51. The molecule has 100 valence electrons. The Morgan fingerprint density at radius 3 is 2.94 bits per heavy atom. The lowest BCUT2D eigenvalue weighted by molar-refractivity contribution is -0.146. The first-order valence-corrected chi connectivity index (χ1v) is 5.18. The van der Waals surface area contributed by atoms with Gasteiger partial charge in [-0.25, -0.2) is 4.79 Å². The molecule has 0 bridgehead atoms. The number of carbonyl (C=O) groups excluding carboxylic acids is 1. The van der Waals surface area contributed by atoms with Gasteiger partial charge in [-0.3, -0.25) is 4.79 Å². The number of carbonyl (C=O) groups is 2. The van der Waals surface area contributed by atoms with Crippen molar-refractivity contribution < 1.29 is 29.1 Å². The monoisotopic (exact) mass is 258 g/mol. The minimum atomic E-state index is -1.49. The van der Waals surface area contributed by atoms with Gasteiger partial charge in [0.25, 0.3) is 5.91 Å². The molecule has 1 amide bonds. The maximum absolute atomic E-state index is 11.5. The molecule has 0 aliphatic rings. The third-order valence-electron chi connectivity index (χ3n) is 2.07. The van der Waals surface area contributed by atoms with E-state index in [-0.39, 0.29) is 25.3 Å². The number of ether oxygens (including phenoxy) is 1. The number of nitrogens with zero attached hydrogens (tertiary/aromatic N) is 1. The molecular formula is C10H14N2O6. The molecule has 0 saturated carbocycles. The van der Waals surface area contributed by atoms with Crippen LogP contribution in [0.2, 0.25) is 0 Å². The first-order chi connectivity index (χ1) is 8.54. The van der Waals surface area contributed by atoms with E-state index in [1.165, 1.54) is 13.2 Å². The fourth-order valence-corrected chi connectivity index (χ4v) is 1.17. The van der Waals surface area contributed by atoms with Crippen molar-refractivity contribution in [3.8, 4) is 0 Å². The number of hydrogen-bond acceptors (Lipinski definition) is 6. The van der Waals surface area contributed by atoms with E-state index in [2.05, 4.69) is 10.5 Å². The fraction of sp³-hybridized carbons (Fsp3) is 0.500. The second-order valence-electron chi connectivity index (χ2n) is 3.51. The lowest BCUT2D eigenvalue weighted by Gasteiger charge is -2.05. The minimum absolute atomic E-state index is 0.0266. The number of rotatable bonds is 7. The van der Waals surface area contributed by atoms with Crippen LogP contribution in [0.4, 0.5) is 0 Å². The van der Waals surface area contributed by atoms with Crippen LogP contribution >= 0.6 is 0 Å². The maximum Gasteiger partial charge on any atom is 0.332 e. The fourth-order valence-electron chi connectivity index (χ4n) is 1.17. The Morgan fingerprint density at radius 1 is 1.61 bits per heavy atom. The lowest BCUT2D eigenvalue weighted by Crippen LogP contribution is -2.30. The number of aliphatic carboxylic acids is 1.